The van der Waals surface area contributed by atoms with Crippen LogP contribution in [0.1, 0.15) is 10.4 Å². The van der Waals surface area contributed by atoms with E-state index in [2.05, 4.69) is 10.6 Å². The molecule has 1 amide bonds. The van der Waals surface area contributed by atoms with Gasteiger partial charge < -0.3 is 20.1 Å². The van der Waals surface area contributed by atoms with Gasteiger partial charge in [-0.3, -0.25) is 4.79 Å². The first-order chi connectivity index (χ1) is 8.33. The highest BCUT2D eigenvalue weighted by atomic mass is 35.5. The van der Waals surface area contributed by atoms with Crippen LogP contribution >= 0.6 is 12.4 Å². The normalized spacial score (nSPS) is 12.5. The molecule has 0 aromatic heterocycles. The third kappa shape index (κ3) is 3.27. The number of fused-ring (bicyclic) bond motifs is 1. The van der Waals surface area contributed by atoms with Crippen molar-refractivity contribution in [1.29, 1.82) is 0 Å². The summed E-state index contributed by atoms with van der Waals surface area (Å²) >= 11 is 0. The molecule has 0 radical (unpaired) electrons. The van der Waals surface area contributed by atoms with Gasteiger partial charge in [0, 0.05) is 13.1 Å². The summed E-state index contributed by atoms with van der Waals surface area (Å²) in [6, 6.07) is 5.33. The van der Waals surface area contributed by atoms with Crippen LogP contribution in [0.15, 0.2) is 18.2 Å². The lowest BCUT2D eigenvalue weighted by molar-refractivity contribution is 0.0943. The van der Waals surface area contributed by atoms with Crippen LogP contribution in [0.3, 0.4) is 0 Å². The molecular formula is C12H17ClN2O3. The van der Waals surface area contributed by atoms with Crippen molar-refractivity contribution in [3.05, 3.63) is 23.8 Å². The van der Waals surface area contributed by atoms with Crippen molar-refractivity contribution in [3.63, 3.8) is 0 Å². The van der Waals surface area contributed by atoms with Crippen LogP contribution < -0.4 is 20.1 Å². The van der Waals surface area contributed by atoms with Gasteiger partial charge >= 0.3 is 0 Å². The van der Waals surface area contributed by atoms with Gasteiger partial charge in [-0.15, -0.1) is 12.4 Å². The summed E-state index contributed by atoms with van der Waals surface area (Å²) < 4.78 is 10.9. The van der Waals surface area contributed by atoms with Crippen LogP contribution in [0, 0.1) is 0 Å². The number of likely N-dealkylation sites (N-methyl/N-ethyl adjacent to an activating group) is 1. The Bertz CT molecular complexity index is 412. The van der Waals surface area contributed by atoms with Gasteiger partial charge in [0.05, 0.1) is 5.56 Å². The number of carbonyl (C=O) groups is 1. The van der Waals surface area contributed by atoms with Crippen LogP contribution in [0.2, 0.25) is 0 Å². The zero-order valence-electron chi connectivity index (χ0n) is 10.2. The lowest BCUT2D eigenvalue weighted by atomic mass is 10.1. The third-order valence-electron chi connectivity index (χ3n) is 2.47. The second-order valence-electron chi connectivity index (χ2n) is 3.69. The average molecular weight is 273 g/mol. The summed E-state index contributed by atoms with van der Waals surface area (Å²) in [5.74, 6) is 1.04. The molecule has 1 aromatic rings. The van der Waals surface area contributed by atoms with Crippen molar-refractivity contribution in [1.82, 2.24) is 10.6 Å². The molecule has 0 aliphatic carbocycles. The molecule has 2 N–H and O–H groups in total. The fourth-order valence-corrected chi connectivity index (χ4v) is 1.65. The lowest BCUT2D eigenvalue weighted by Crippen LogP contribution is -2.31. The van der Waals surface area contributed by atoms with E-state index in [-0.39, 0.29) is 18.3 Å². The minimum atomic E-state index is -0.136. The summed E-state index contributed by atoms with van der Waals surface area (Å²) in [6.07, 6.45) is 0. The first-order valence-electron chi connectivity index (χ1n) is 5.64. The van der Waals surface area contributed by atoms with E-state index in [4.69, 9.17) is 9.47 Å². The maximum atomic E-state index is 11.9. The van der Waals surface area contributed by atoms with Crippen molar-refractivity contribution in [2.24, 2.45) is 0 Å². The van der Waals surface area contributed by atoms with Crippen LogP contribution in [0.25, 0.3) is 0 Å². The topological polar surface area (TPSA) is 59.6 Å². The zero-order chi connectivity index (χ0) is 12.1. The molecular weight excluding hydrogens is 256 g/mol. The van der Waals surface area contributed by atoms with Gasteiger partial charge in [-0.05, 0) is 19.2 Å². The molecule has 1 aliphatic heterocycles. The molecule has 6 heteroatoms. The SMILES string of the molecule is CNCCNC(=O)c1cccc2c1OCCO2.Cl. The highest BCUT2D eigenvalue weighted by Gasteiger charge is 2.19. The number of rotatable bonds is 4. The quantitative estimate of drug-likeness (QED) is 0.797. The summed E-state index contributed by atoms with van der Waals surface area (Å²) in [5, 5.41) is 5.78. The third-order valence-corrected chi connectivity index (χ3v) is 2.47. The van der Waals surface area contributed by atoms with Gasteiger partial charge in [0.2, 0.25) is 0 Å². The van der Waals surface area contributed by atoms with Crippen molar-refractivity contribution in [2.45, 2.75) is 0 Å². The summed E-state index contributed by atoms with van der Waals surface area (Å²) in [6.45, 7) is 2.32. The van der Waals surface area contributed by atoms with Gasteiger partial charge in [0.25, 0.3) is 5.91 Å². The molecule has 100 valence electrons. The van der Waals surface area contributed by atoms with E-state index in [9.17, 15) is 4.79 Å². The minimum absolute atomic E-state index is 0. The van der Waals surface area contributed by atoms with Gasteiger partial charge in [0.1, 0.15) is 13.2 Å². The summed E-state index contributed by atoms with van der Waals surface area (Å²) in [7, 11) is 1.84. The van der Waals surface area contributed by atoms with Crippen molar-refractivity contribution < 1.29 is 14.3 Å². The predicted octanol–water partition coefficient (Wildman–Crippen LogP) is 0.829. The molecule has 5 nitrogen and oxygen atoms in total. The number of benzene rings is 1. The Labute approximate surface area is 112 Å². The molecule has 2 rings (SSSR count). The van der Waals surface area contributed by atoms with Crippen LogP contribution in [0.5, 0.6) is 11.5 Å². The molecule has 0 unspecified atom stereocenters. The van der Waals surface area contributed by atoms with E-state index >= 15 is 0 Å². The monoisotopic (exact) mass is 272 g/mol. The Balaban J connectivity index is 0.00000162. The van der Waals surface area contributed by atoms with Gasteiger partial charge in [0.15, 0.2) is 11.5 Å². The number of ether oxygens (including phenoxy) is 2. The first kappa shape index (κ1) is 14.6. The Kier molecular flexibility index (Phi) is 5.74. The number of hydrogen-bond acceptors (Lipinski definition) is 4. The molecule has 0 bridgehead atoms. The Morgan fingerprint density at radius 3 is 2.83 bits per heavy atom. The minimum Gasteiger partial charge on any atom is -0.486 e. The number of para-hydroxylation sites is 1. The molecule has 1 heterocycles. The second-order valence-corrected chi connectivity index (χ2v) is 3.69. The molecule has 0 spiro atoms. The van der Waals surface area contributed by atoms with Gasteiger partial charge in [-0.25, -0.2) is 0 Å². The second kappa shape index (κ2) is 7.08. The predicted molar refractivity (Wildman–Crippen MR) is 70.9 cm³/mol. The van der Waals surface area contributed by atoms with Crippen LogP contribution in [-0.4, -0.2) is 39.3 Å². The highest BCUT2D eigenvalue weighted by Crippen LogP contribution is 2.33. The smallest absolute Gasteiger partial charge is 0.255 e. The largest absolute Gasteiger partial charge is 0.486 e. The van der Waals surface area contributed by atoms with Crippen LogP contribution in [-0.2, 0) is 0 Å². The standard InChI is InChI=1S/C12H16N2O3.ClH/c1-13-5-6-14-12(15)9-3-2-4-10-11(9)17-8-7-16-10;/h2-4,13H,5-8H2,1H3,(H,14,15);1H. The van der Waals surface area contributed by atoms with E-state index in [0.717, 1.165) is 6.54 Å². The molecule has 1 aliphatic rings. The summed E-state index contributed by atoms with van der Waals surface area (Å²) in [4.78, 5) is 11.9. The summed E-state index contributed by atoms with van der Waals surface area (Å²) in [5.41, 5.74) is 0.526. The maximum Gasteiger partial charge on any atom is 0.255 e. The highest BCUT2D eigenvalue weighted by molar-refractivity contribution is 5.97. The number of carbonyl (C=O) groups excluding carboxylic acids is 1. The Hall–Kier alpha value is -1.46. The fraction of sp³-hybridized carbons (Fsp3) is 0.417. The number of hydrogen-bond donors (Lipinski definition) is 2. The van der Waals surface area contributed by atoms with E-state index in [0.29, 0.717) is 36.8 Å². The number of nitrogens with one attached hydrogen (secondary N) is 2. The Morgan fingerprint density at radius 1 is 1.28 bits per heavy atom. The molecule has 18 heavy (non-hydrogen) atoms. The van der Waals surface area contributed by atoms with Crippen molar-refractivity contribution >= 4 is 18.3 Å². The van der Waals surface area contributed by atoms with Crippen molar-refractivity contribution in [3.8, 4) is 11.5 Å². The van der Waals surface area contributed by atoms with E-state index < -0.39 is 0 Å². The van der Waals surface area contributed by atoms with E-state index in [1.807, 2.05) is 7.05 Å². The maximum absolute atomic E-state index is 11.9. The van der Waals surface area contributed by atoms with Crippen LogP contribution in [0.4, 0.5) is 0 Å². The van der Waals surface area contributed by atoms with Gasteiger partial charge in [-0.2, -0.15) is 0 Å². The van der Waals surface area contributed by atoms with E-state index in [1.54, 1.807) is 18.2 Å². The molecule has 0 fully saturated rings. The lowest BCUT2D eigenvalue weighted by Gasteiger charge is -2.20. The van der Waals surface area contributed by atoms with Crippen molar-refractivity contribution in [2.75, 3.05) is 33.4 Å². The Morgan fingerprint density at radius 2 is 2.06 bits per heavy atom. The number of halogens is 1. The molecule has 0 atom stereocenters. The molecule has 0 saturated heterocycles. The first-order valence-corrected chi connectivity index (χ1v) is 5.64. The molecule has 0 saturated carbocycles. The average Bonchev–Trinajstić information content (AvgIpc) is 2.38. The van der Waals surface area contributed by atoms with E-state index in [1.165, 1.54) is 0 Å². The number of amides is 1. The zero-order valence-corrected chi connectivity index (χ0v) is 11.0. The van der Waals surface area contributed by atoms with Gasteiger partial charge in [-0.1, -0.05) is 6.07 Å². The molecule has 1 aromatic carbocycles. The fourth-order valence-electron chi connectivity index (χ4n) is 1.65.